The molecule has 0 spiro atoms. The van der Waals surface area contributed by atoms with Gasteiger partial charge in [0.15, 0.2) is 9.84 Å². The third-order valence-corrected chi connectivity index (χ3v) is 10.2. The Hall–Kier alpha value is -2.72. The van der Waals surface area contributed by atoms with Crippen LogP contribution in [0.5, 0.6) is 5.75 Å². The summed E-state index contributed by atoms with van der Waals surface area (Å²) in [6.07, 6.45) is 9.84. The number of aromatic nitrogens is 1. The molecule has 4 rings (SSSR count). The molecule has 0 radical (unpaired) electrons. The SMILES string of the molecule is O=c1ccc2c([C@@H](O)CNCCCCCCOCCCCc3cccc(S(=O)(=O)C4CCCC4)c3)ccc(O)c2[nH]1. The van der Waals surface area contributed by atoms with Crippen molar-refractivity contribution in [2.45, 2.75) is 86.9 Å². The van der Waals surface area contributed by atoms with Crippen LogP contribution in [0.4, 0.5) is 0 Å². The van der Waals surface area contributed by atoms with Gasteiger partial charge < -0.3 is 25.3 Å². The number of phenols is 1. The van der Waals surface area contributed by atoms with Crippen molar-refractivity contribution < 1.29 is 23.4 Å². The molecule has 1 aliphatic rings. The summed E-state index contributed by atoms with van der Waals surface area (Å²) >= 11 is 0. The Labute approximate surface area is 243 Å². The maximum Gasteiger partial charge on any atom is 0.248 e. The zero-order valence-corrected chi connectivity index (χ0v) is 24.6. The number of aryl methyl sites for hydroxylation is 1. The lowest BCUT2D eigenvalue weighted by molar-refractivity contribution is 0.126. The number of hydrogen-bond acceptors (Lipinski definition) is 7. The van der Waals surface area contributed by atoms with E-state index in [0.29, 0.717) is 27.9 Å². The number of pyridine rings is 1. The summed E-state index contributed by atoms with van der Waals surface area (Å²) in [5.41, 5.74) is 1.79. The molecule has 0 saturated heterocycles. The summed E-state index contributed by atoms with van der Waals surface area (Å²) < 4.78 is 31.5. The summed E-state index contributed by atoms with van der Waals surface area (Å²) in [6.45, 7) is 2.66. The normalized spacial score (nSPS) is 15.0. The van der Waals surface area contributed by atoms with Crippen LogP contribution in [0.25, 0.3) is 10.9 Å². The van der Waals surface area contributed by atoms with Crippen molar-refractivity contribution in [2.24, 2.45) is 0 Å². The van der Waals surface area contributed by atoms with Gasteiger partial charge in [-0.2, -0.15) is 0 Å². The number of aliphatic hydroxyl groups excluding tert-OH is 1. The molecule has 4 N–H and O–H groups in total. The average Bonchev–Trinajstić information content (AvgIpc) is 3.52. The lowest BCUT2D eigenvalue weighted by Gasteiger charge is -2.15. The average molecular weight is 585 g/mol. The van der Waals surface area contributed by atoms with E-state index in [9.17, 15) is 23.4 Å². The first kappa shape index (κ1) is 31.2. The third kappa shape index (κ3) is 8.88. The van der Waals surface area contributed by atoms with E-state index in [1.807, 2.05) is 18.2 Å². The predicted octanol–water partition coefficient (Wildman–Crippen LogP) is 5.17. The number of aromatic hydroxyl groups is 1. The number of fused-ring (bicyclic) bond motifs is 1. The number of nitrogens with one attached hydrogen (secondary N) is 2. The molecule has 3 aromatic rings. The van der Waals surface area contributed by atoms with Crippen LogP contribution in [0, 0.1) is 0 Å². The van der Waals surface area contributed by atoms with Gasteiger partial charge in [0.1, 0.15) is 5.75 Å². The van der Waals surface area contributed by atoms with E-state index in [1.54, 1.807) is 18.2 Å². The Kier molecular flexibility index (Phi) is 11.8. The molecular formula is C32H44N2O6S. The number of sulfone groups is 1. The third-order valence-electron chi connectivity index (χ3n) is 7.97. The summed E-state index contributed by atoms with van der Waals surface area (Å²) in [7, 11) is -3.20. The van der Waals surface area contributed by atoms with Crippen LogP contribution in [0.2, 0.25) is 0 Å². The predicted molar refractivity (Wildman–Crippen MR) is 162 cm³/mol. The molecule has 1 aromatic heterocycles. The van der Waals surface area contributed by atoms with Gasteiger partial charge >= 0.3 is 0 Å². The zero-order valence-electron chi connectivity index (χ0n) is 23.8. The quantitative estimate of drug-likeness (QED) is 0.161. The van der Waals surface area contributed by atoms with E-state index in [0.717, 1.165) is 96.0 Å². The standard InChI is InChI=1S/C32H44N2O6S/c35-29-17-15-27(28-16-18-31(37)34-32(28)29)30(36)23-33-19-6-1-2-7-20-40-21-8-5-10-24-11-9-14-26(22-24)41(38,39)25-12-3-4-13-25/h9,11,14-18,22,25,30,33,35-36H,1-8,10,12-13,19-21,23H2,(H,34,37)/t30-/m0/s1. The molecule has 1 aliphatic carbocycles. The molecule has 2 aromatic carbocycles. The zero-order chi connectivity index (χ0) is 29.1. The molecule has 0 aliphatic heterocycles. The van der Waals surface area contributed by atoms with Crippen molar-refractivity contribution in [1.82, 2.24) is 10.3 Å². The van der Waals surface area contributed by atoms with Crippen molar-refractivity contribution >= 4 is 20.7 Å². The molecule has 1 saturated carbocycles. The van der Waals surface area contributed by atoms with Crippen molar-refractivity contribution in [3.05, 3.63) is 70.0 Å². The summed E-state index contributed by atoms with van der Waals surface area (Å²) in [4.78, 5) is 14.7. The fourth-order valence-electron chi connectivity index (χ4n) is 5.61. The number of unbranched alkanes of at least 4 members (excludes halogenated alkanes) is 4. The van der Waals surface area contributed by atoms with Crippen molar-refractivity contribution in [3.8, 4) is 5.75 Å². The number of phenolic OH excluding ortho intramolecular Hbond substituents is 1. The van der Waals surface area contributed by atoms with E-state index in [-0.39, 0.29) is 16.6 Å². The molecule has 1 atom stereocenters. The van der Waals surface area contributed by atoms with E-state index in [2.05, 4.69) is 10.3 Å². The highest BCUT2D eigenvalue weighted by Gasteiger charge is 2.30. The summed E-state index contributed by atoms with van der Waals surface area (Å²) in [5.74, 6) is -0.0135. The second-order valence-electron chi connectivity index (χ2n) is 11.1. The van der Waals surface area contributed by atoms with Gasteiger partial charge in [0.05, 0.1) is 21.8 Å². The number of aliphatic hydroxyl groups is 1. The molecule has 0 amide bonds. The Morgan fingerprint density at radius 3 is 2.51 bits per heavy atom. The second kappa shape index (κ2) is 15.5. The maximum absolute atomic E-state index is 12.9. The van der Waals surface area contributed by atoms with Gasteiger partial charge in [-0.25, -0.2) is 8.42 Å². The Bertz CT molecular complexity index is 1420. The van der Waals surface area contributed by atoms with Crippen LogP contribution in [0.15, 0.2) is 58.2 Å². The van der Waals surface area contributed by atoms with Gasteiger partial charge in [-0.1, -0.05) is 43.9 Å². The highest BCUT2D eigenvalue weighted by Crippen LogP contribution is 2.30. The molecule has 0 bridgehead atoms. The van der Waals surface area contributed by atoms with E-state index < -0.39 is 15.9 Å². The first-order valence-electron chi connectivity index (χ1n) is 15.0. The molecule has 9 heteroatoms. The van der Waals surface area contributed by atoms with E-state index in [4.69, 9.17) is 4.74 Å². The number of aromatic amines is 1. The first-order chi connectivity index (χ1) is 19.9. The minimum Gasteiger partial charge on any atom is -0.506 e. The molecule has 224 valence electrons. The van der Waals surface area contributed by atoms with Gasteiger partial charge in [0.2, 0.25) is 5.56 Å². The molecule has 8 nitrogen and oxygen atoms in total. The summed E-state index contributed by atoms with van der Waals surface area (Å²) in [6, 6.07) is 13.7. The van der Waals surface area contributed by atoms with E-state index in [1.165, 1.54) is 12.1 Å². The number of hydrogen-bond donors (Lipinski definition) is 4. The minimum absolute atomic E-state index is 0.0135. The number of H-pyrrole nitrogens is 1. The Balaban J connectivity index is 1.02. The van der Waals surface area contributed by atoms with Crippen LogP contribution in [-0.4, -0.2) is 55.2 Å². The molecule has 0 unspecified atom stereocenters. The maximum atomic E-state index is 12.9. The summed E-state index contributed by atoms with van der Waals surface area (Å²) in [5, 5.41) is 24.3. The van der Waals surface area contributed by atoms with Gasteiger partial charge in [-0.3, -0.25) is 4.79 Å². The fourth-order valence-corrected chi connectivity index (χ4v) is 7.53. The molecule has 41 heavy (non-hydrogen) atoms. The van der Waals surface area contributed by atoms with Gasteiger partial charge in [0, 0.05) is 31.2 Å². The highest BCUT2D eigenvalue weighted by atomic mass is 32.2. The van der Waals surface area contributed by atoms with Crippen LogP contribution in [0.3, 0.4) is 0 Å². The van der Waals surface area contributed by atoms with Gasteiger partial charge in [-0.15, -0.1) is 0 Å². The van der Waals surface area contributed by atoms with Gasteiger partial charge in [0.25, 0.3) is 0 Å². The fraction of sp³-hybridized carbons (Fsp3) is 0.531. The highest BCUT2D eigenvalue weighted by molar-refractivity contribution is 7.92. The van der Waals surface area contributed by atoms with E-state index >= 15 is 0 Å². The second-order valence-corrected chi connectivity index (χ2v) is 13.3. The molecular weight excluding hydrogens is 540 g/mol. The Morgan fingerprint density at radius 2 is 1.71 bits per heavy atom. The topological polar surface area (TPSA) is 129 Å². The smallest absolute Gasteiger partial charge is 0.248 e. The first-order valence-corrected chi connectivity index (χ1v) is 16.5. The molecule has 1 fully saturated rings. The van der Waals surface area contributed by atoms with Crippen LogP contribution in [-0.2, 0) is 21.0 Å². The minimum atomic E-state index is -3.20. The van der Waals surface area contributed by atoms with Crippen LogP contribution < -0.4 is 10.9 Å². The monoisotopic (exact) mass is 584 g/mol. The van der Waals surface area contributed by atoms with Crippen LogP contribution >= 0.6 is 0 Å². The lowest BCUT2D eigenvalue weighted by atomic mass is 10.0. The lowest BCUT2D eigenvalue weighted by Crippen LogP contribution is -2.22. The number of ether oxygens (including phenoxy) is 1. The van der Waals surface area contributed by atoms with Gasteiger partial charge in [-0.05, 0) is 86.9 Å². The van der Waals surface area contributed by atoms with Crippen molar-refractivity contribution in [2.75, 3.05) is 26.3 Å². The largest absolute Gasteiger partial charge is 0.506 e. The van der Waals surface area contributed by atoms with Crippen molar-refractivity contribution in [1.29, 1.82) is 0 Å². The molecule has 1 heterocycles. The van der Waals surface area contributed by atoms with Crippen molar-refractivity contribution in [3.63, 3.8) is 0 Å². The number of rotatable bonds is 17. The number of benzene rings is 2. The van der Waals surface area contributed by atoms with Crippen LogP contribution in [0.1, 0.15) is 81.4 Å². The Morgan fingerprint density at radius 1 is 0.951 bits per heavy atom.